The second kappa shape index (κ2) is 6.00. The minimum absolute atomic E-state index is 0.761. The van der Waals surface area contributed by atoms with Crippen LogP contribution < -0.4 is 10.2 Å². The summed E-state index contributed by atoms with van der Waals surface area (Å²) in [6, 6.07) is 17.1. The lowest BCUT2D eigenvalue weighted by atomic mass is 10.1. The Morgan fingerprint density at radius 3 is 2.71 bits per heavy atom. The van der Waals surface area contributed by atoms with Gasteiger partial charge < -0.3 is 5.32 Å². The summed E-state index contributed by atoms with van der Waals surface area (Å²) in [7, 11) is 1.97. The molecule has 0 atom stereocenters. The number of aryl methyl sites for hydroxylation is 2. The maximum atomic E-state index is 4.61. The summed E-state index contributed by atoms with van der Waals surface area (Å²) in [5.74, 6) is 2.00. The van der Waals surface area contributed by atoms with E-state index in [1.165, 1.54) is 16.3 Å². The molecule has 2 heterocycles. The van der Waals surface area contributed by atoms with Gasteiger partial charge in [0.2, 0.25) is 0 Å². The van der Waals surface area contributed by atoms with Crippen LogP contribution in [0.3, 0.4) is 0 Å². The summed E-state index contributed by atoms with van der Waals surface area (Å²) < 4.78 is 1.91. The summed E-state index contributed by atoms with van der Waals surface area (Å²) in [4.78, 5) is 6.81. The molecule has 1 aliphatic heterocycles. The zero-order chi connectivity index (χ0) is 16.5. The number of fused-ring (bicyclic) bond motifs is 1. The first-order valence-corrected chi connectivity index (χ1v) is 8.25. The van der Waals surface area contributed by atoms with Gasteiger partial charge in [0.15, 0.2) is 5.96 Å². The van der Waals surface area contributed by atoms with Crippen molar-refractivity contribution < 1.29 is 0 Å². The Morgan fingerprint density at radius 1 is 1.08 bits per heavy atom. The molecule has 1 aliphatic rings. The van der Waals surface area contributed by atoms with Crippen molar-refractivity contribution in [1.82, 2.24) is 15.1 Å². The van der Waals surface area contributed by atoms with Crippen LogP contribution in [0.15, 0.2) is 53.5 Å². The number of anilines is 1. The molecule has 4 rings (SSSR count). The van der Waals surface area contributed by atoms with E-state index in [1.54, 1.807) is 0 Å². The maximum Gasteiger partial charge on any atom is 0.200 e. The Bertz CT molecular complexity index is 909. The summed E-state index contributed by atoms with van der Waals surface area (Å²) in [5, 5.41) is 10.5. The van der Waals surface area contributed by atoms with Gasteiger partial charge in [-0.05, 0) is 29.3 Å². The van der Waals surface area contributed by atoms with E-state index in [-0.39, 0.29) is 0 Å². The van der Waals surface area contributed by atoms with E-state index in [4.69, 9.17) is 0 Å². The van der Waals surface area contributed by atoms with Crippen molar-refractivity contribution in [3.63, 3.8) is 0 Å². The molecule has 0 radical (unpaired) electrons. The number of aromatic nitrogens is 2. The van der Waals surface area contributed by atoms with Crippen LogP contribution in [0, 0.1) is 6.92 Å². The average molecular weight is 319 g/mol. The highest BCUT2D eigenvalue weighted by atomic mass is 15.4. The molecule has 0 saturated heterocycles. The van der Waals surface area contributed by atoms with Gasteiger partial charge in [0.1, 0.15) is 5.82 Å². The Hall–Kier alpha value is -2.82. The van der Waals surface area contributed by atoms with Crippen molar-refractivity contribution >= 4 is 22.5 Å². The first kappa shape index (κ1) is 14.8. The molecule has 1 aromatic heterocycles. The van der Waals surface area contributed by atoms with Gasteiger partial charge in [-0.2, -0.15) is 5.10 Å². The van der Waals surface area contributed by atoms with Crippen LogP contribution in [0.5, 0.6) is 0 Å². The fourth-order valence-electron chi connectivity index (χ4n) is 3.20. The fourth-order valence-corrected chi connectivity index (χ4v) is 3.20. The summed E-state index contributed by atoms with van der Waals surface area (Å²) >= 11 is 0. The number of nitrogens with one attached hydrogen (secondary N) is 1. The van der Waals surface area contributed by atoms with Crippen LogP contribution in [0.1, 0.15) is 11.3 Å². The third-order valence-corrected chi connectivity index (χ3v) is 4.36. The summed E-state index contributed by atoms with van der Waals surface area (Å²) in [6.07, 6.45) is 0. The Kier molecular flexibility index (Phi) is 3.69. The average Bonchev–Trinajstić information content (AvgIpc) is 3.18. The first-order valence-electron chi connectivity index (χ1n) is 8.25. The highest BCUT2D eigenvalue weighted by Crippen LogP contribution is 2.19. The predicted octanol–water partition coefficient (Wildman–Crippen LogP) is 2.85. The molecule has 3 aromatic rings. The Morgan fingerprint density at radius 2 is 1.92 bits per heavy atom. The molecule has 24 heavy (non-hydrogen) atoms. The first-order chi connectivity index (χ1) is 11.7. The van der Waals surface area contributed by atoms with Gasteiger partial charge >= 0.3 is 0 Å². The molecule has 2 aromatic carbocycles. The van der Waals surface area contributed by atoms with E-state index in [2.05, 4.69) is 68.8 Å². The second-order valence-corrected chi connectivity index (χ2v) is 6.16. The molecule has 0 spiro atoms. The van der Waals surface area contributed by atoms with Crippen molar-refractivity contribution in [2.24, 2.45) is 12.0 Å². The zero-order valence-electron chi connectivity index (χ0n) is 14.0. The second-order valence-electron chi connectivity index (χ2n) is 6.16. The number of nitrogens with zero attached hydrogens (tertiary/aromatic N) is 4. The lowest BCUT2D eigenvalue weighted by Gasteiger charge is -2.21. The molecule has 0 saturated carbocycles. The van der Waals surface area contributed by atoms with Crippen molar-refractivity contribution in [3.8, 4) is 0 Å². The maximum absolute atomic E-state index is 4.61. The van der Waals surface area contributed by atoms with E-state index in [9.17, 15) is 0 Å². The van der Waals surface area contributed by atoms with Gasteiger partial charge in [-0.1, -0.05) is 36.4 Å². The molecule has 5 nitrogen and oxygen atoms in total. The molecule has 0 aliphatic carbocycles. The Balaban J connectivity index is 1.50. The number of guanidine groups is 1. The van der Waals surface area contributed by atoms with Gasteiger partial charge in [0, 0.05) is 26.2 Å². The monoisotopic (exact) mass is 319 g/mol. The van der Waals surface area contributed by atoms with E-state index in [1.807, 2.05) is 18.7 Å². The smallest absolute Gasteiger partial charge is 0.200 e. The minimum atomic E-state index is 0.761. The highest BCUT2D eigenvalue weighted by molar-refractivity contribution is 5.97. The number of rotatable bonds is 3. The molecular weight excluding hydrogens is 298 g/mol. The minimum Gasteiger partial charge on any atom is -0.352 e. The Labute approximate surface area is 141 Å². The predicted molar refractivity (Wildman–Crippen MR) is 98.4 cm³/mol. The normalized spacial score (nSPS) is 14.2. The third-order valence-electron chi connectivity index (χ3n) is 4.36. The largest absolute Gasteiger partial charge is 0.352 e. The van der Waals surface area contributed by atoms with Crippen LogP contribution in [-0.4, -0.2) is 28.8 Å². The number of benzene rings is 2. The van der Waals surface area contributed by atoms with Crippen LogP contribution in [0.4, 0.5) is 5.82 Å². The zero-order valence-corrected chi connectivity index (χ0v) is 14.0. The highest BCUT2D eigenvalue weighted by Gasteiger charge is 2.21. The van der Waals surface area contributed by atoms with Crippen molar-refractivity contribution in [1.29, 1.82) is 0 Å². The van der Waals surface area contributed by atoms with Crippen molar-refractivity contribution in [3.05, 3.63) is 59.8 Å². The van der Waals surface area contributed by atoms with E-state index < -0.39 is 0 Å². The standard InChI is InChI=1S/C19H21N5/c1-14-11-18(23(2)22-14)24-10-9-20-19(24)21-13-15-7-8-16-5-3-4-6-17(16)12-15/h3-8,11-12H,9-10,13H2,1-2H3,(H,20,21). The van der Waals surface area contributed by atoms with Gasteiger partial charge in [-0.3, -0.25) is 14.6 Å². The van der Waals surface area contributed by atoms with Crippen LogP contribution >= 0.6 is 0 Å². The molecule has 0 bridgehead atoms. The third kappa shape index (κ3) is 2.73. The van der Waals surface area contributed by atoms with Gasteiger partial charge in [0.25, 0.3) is 0 Å². The van der Waals surface area contributed by atoms with Crippen LogP contribution in [0.2, 0.25) is 0 Å². The van der Waals surface area contributed by atoms with E-state index >= 15 is 0 Å². The summed E-state index contributed by atoms with van der Waals surface area (Å²) in [6.45, 7) is 4.47. The van der Waals surface area contributed by atoms with Crippen molar-refractivity contribution in [2.75, 3.05) is 18.0 Å². The molecule has 122 valence electrons. The van der Waals surface area contributed by atoms with Crippen LogP contribution in [-0.2, 0) is 13.6 Å². The van der Waals surface area contributed by atoms with Gasteiger partial charge in [0.05, 0.1) is 12.2 Å². The molecule has 0 unspecified atom stereocenters. The topological polar surface area (TPSA) is 45.5 Å². The summed E-state index contributed by atoms with van der Waals surface area (Å²) in [5.41, 5.74) is 2.28. The lowest BCUT2D eigenvalue weighted by molar-refractivity contribution is 0.743. The molecule has 5 heteroatoms. The SMILES string of the molecule is Cc1cc(N2CCN=C2NCc2ccc3ccccc3c2)n(C)n1. The molecule has 0 fully saturated rings. The van der Waals surface area contributed by atoms with Gasteiger partial charge in [-0.15, -0.1) is 0 Å². The number of hydrogen-bond acceptors (Lipinski definition) is 4. The quantitative estimate of drug-likeness (QED) is 0.807. The van der Waals surface area contributed by atoms with E-state index in [0.717, 1.165) is 37.1 Å². The van der Waals surface area contributed by atoms with Gasteiger partial charge in [-0.25, -0.2) is 0 Å². The number of hydrogen-bond donors (Lipinski definition) is 1. The molecule has 0 amide bonds. The molecule has 1 N–H and O–H groups in total. The molecular formula is C19H21N5. The lowest BCUT2D eigenvalue weighted by Crippen LogP contribution is -2.39. The van der Waals surface area contributed by atoms with Crippen LogP contribution in [0.25, 0.3) is 10.8 Å². The van der Waals surface area contributed by atoms with E-state index in [0.29, 0.717) is 0 Å². The number of aliphatic imine (C=N–C) groups is 1. The fraction of sp³-hybridized carbons (Fsp3) is 0.263. The van der Waals surface area contributed by atoms with Crippen molar-refractivity contribution in [2.45, 2.75) is 13.5 Å².